The van der Waals surface area contributed by atoms with Crippen molar-refractivity contribution in [2.75, 3.05) is 35.6 Å². The van der Waals surface area contributed by atoms with Crippen LogP contribution in [0, 0.1) is 11.8 Å². The normalized spacial score (nSPS) is 14.5. The number of aromatic nitrogens is 2. The predicted octanol–water partition coefficient (Wildman–Crippen LogP) is 3.90. The Morgan fingerprint density at radius 1 is 1.10 bits per heavy atom. The van der Waals surface area contributed by atoms with Gasteiger partial charge in [0, 0.05) is 37.4 Å². The number of hydrogen-bond acceptors (Lipinski definition) is 7. The summed E-state index contributed by atoms with van der Waals surface area (Å²) in [6, 6.07) is 9.98. The van der Waals surface area contributed by atoms with Crippen LogP contribution in [-0.4, -0.2) is 44.1 Å². The van der Waals surface area contributed by atoms with Crippen LogP contribution in [0.25, 0.3) is 0 Å². The highest BCUT2D eigenvalue weighted by Gasteiger charge is 2.30. The average Bonchev–Trinajstić information content (AvgIpc) is 2.89. The Morgan fingerprint density at radius 2 is 1.92 bits per heavy atom. The van der Waals surface area contributed by atoms with Crippen molar-refractivity contribution in [3.63, 3.8) is 0 Å². The van der Waals surface area contributed by atoms with Crippen molar-refractivity contribution in [1.82, 2.24) is 20.0 Å². The van der Waals surface area contributed by atoms with E-state index < -0.39 is 27.8 Å². The van der Waals surface area contributed by atoms with Gasteiger partial charge in [0.2, 0.25) is 16.0 Å². The number of alkyl halides is 3. The van der Waals surface area contributed by atoms with E-state index in [1.54, 1.807) is 12.1 Å². The molecule has 4 rings (SSSR count). The number of rotatable bonds is 3. The van der Waals surface area contributed by atoms with Crippen LogP contribution >= 0.6 is 0 Å². The Bertz CT molecular complexity index is 1520. The fourth-order valence-corrected chi connectivity index (χ4v) is 4.59. The lowest BCUT2D eigenvalue weighted by molar-refractivity contribution is -0.137. The number of fused-ring (bicyclic) bond motifs is 4. The molecule has 1 aromatic heterocycles. The average molecular weight is 560 g/mol. The largest absolute Gasteiger partial charge is 0.416 e. The van der Waals surface area contributed by atoms with Crippen molar-refractivity contribution in [2.45, 2.75) is 23.9 Å². The van der Waals surface area contributed by atoms with Gasteiger partial charge in [0.05, 0.1) is 22.2 Å². The molecule has 2 aromatic carbocycles. The molecule has 204 valence electrons. The molecule has 0 unspecified atom stereocenters. The molecule has 0 spiro atoms. The third kappa shape index (κ3) is 7.82. The zero-order valence-corrected chi connectivity index (χ0v) is 21.2. The minimum atomic E-state index is -4.51. The summed E-state index contributed by atoms with van der Waals surface area (Å²) in [6.07, 6.45) is -2.24. The fourth-order valence-electron chi connectivity index (χ4n) is 3.47. The number of sulfonamides is 1. The van der Waals surface area contributed by atoms with Gasteiger partial charge >= 0.3 is 12.2 Å². The first-order valence-electron chi connectivity index (χ1n) is 11.8. The number of nitrogens with one attached hydrogen (secondary N) is 5. The third-order valence-corrected chi connectivity index (χ3v) is 6.79. The Balaban J connectivity index is 1.37. The van der Waals surface area contributed by atoms with Crippen LogP contribution in [0.2, 0.25) is 0 Å². The molecule has 0 aliphatic carbocycles. The molecule has 2 amide bonds. The summed E-state index contributed by atoms with van der Waals surface area (Å²) >= 11 is 0. The van der Waals surface area contributed by atoms with E-state index in [0.29, 0.717) is 30.0 Å². The zero-order valence-electron chi connectivity index (χ0n) is 20.4. The third-order valence-electron chi connectivity index (χ3n) is 5.33. The van der Waals surface area contributed by atoms with Gasteiger partial charge in [-0.05, 0) is 42.8 Å². The number of amides is 2. The number of urea groups is 1. The van der Waals surface area contributed by atoms with Crippen molar-refractivity contribution in [3.05, 3.63) is 65.9 Å². The number of halogens is 3. The maximum atomic E-state index is 12.8. The molecule has 2 heterocycles. The number of benzene rings is 2. The van der Waals surface area contributed by atoms with E-state index in [1.165, 1.54) is 30.5 Å². The molecule has 0 saturated heterocycles. The van der Waals surface area contributed by atoms with Crippen LogP contribution in [0.15, 0.2) is 59.6 Å². The number of carbonyl (C=O) groups is 1. The van der Waals surface area contributed by atoms with Gasteiger partial charge in [-0.3, -0.25) is 0 Å². The van der Waals surface area contributed by atoms with Crippen molar-refractivity contribution in [3.8, 4) is 11.8 Å². The molecular weight excluding hydrogens is 535 g/mol. The Labute approximate surface area is 222 Å². The molecular formula is C25H24F3N7O3S. The van der Waals surface area contributed by atoms with Gasteiger partial charge in [-0.15, -0.1) is 0 Å². The van der Waals surface area contributed by atoms with E-state index in [1.807, 2.05) is 0 Å². The standard InChI is InChI=1S/C25H24F3N7O3S/c26-25(27,28)18-7-3-8-19(14-18)34-24(36)30-11-2-1-6-17-16-31-23-33-20-9-4-10-21(15-20)39(37,38)32-13-5-12-29-22(17)35-23/h3-4,7-10,14-16,32H,2,5,11-13H2,(H2,30,34,36)(H2,29,31,33,35). The molecule has 4 bridgehead atoms. The van der Waals surface area contributed by atoms with E-state index >= 15 is 0 Å². The van der Waals surface area contributed by atoms with Crippen LogP contribution in [0.4, 0.5) is 41.1 Å². The molecule has 10 nitrogen and oxygen atoms in total. The Hall–Kier alpha value is -4.35. The summed E-state index contributed by atoms with van der Waals surface area (Å²) in [4.78, 5) is 20.9. The van der Waals surface area contributed by atoms with Gasteiger partial charge in [0.1, 0.15) is 5.82 Å². The molecule has 0 fully saturated rings. The topological polar surface area (TPSA) is 137 Å². The highest BCUT2D eigenvalue weighted by Crippen LogP contribution is 2.30. The molecule has 0 radical (unpaired) electrons. The van der Waals surface area contributed by atoms with E-state index in [-0.39, 0.29) is 36.0 Å². The minimum absolute atomic E-state index is 0.0184. The minimum Gasteiger partial charge on any atom is -0.369 e. The van der Waals surface area contributed by atoms with Gasteiger partial charge in [0.25, 0.3) is 0 Å². The molecule has 1 aliphatic rings. The lowest BCUT2D eigenvalue weighted by atomic mass is 10.2. The first-order valence-corrected chi connectivity index (χ1v) is 13.3. The quantitative estimate of drug-likeness (QED) is 0.243. The fraction of sp³-hybridized carbons (Fsp3) is 0.240. The number of anilines is 4. The number of carbonyl (C=O) groups excluding carboxylic acids is 1. The molecule has 39 heavy (non-hydrogen) atoms. The maximum absolute atomic E-state index is 12.8. The van der Waals surface area contributed by atoms with E-state index in [4.69, 9.17) is 0 Å². The molecule has 1 aliphatic heterocycles. The Morgan fingerprint density at radius 3 is 2.74 bits per heavy atom. The summed E-state index contributed by atoms with van der Waals surface area (Å²) in [5.41, 5.74) is 0.154. The predicted molar refractivity (Wildman–Crippen MR) is 140 cm³/mol. The second kappa shape index (κ2) is 12.0. The summed E-state index contributed by atoms with van der Waals surface area (Å²) in [7, 11) is -3.65. The summed E-state index contributed by atoms with van der Waals surface area (Å²) in [5, 5.41) is 11.0. The SMILES string of the molecule is O=C(NCCC#Cc1cnc2nc1NCCCNS(=O)(=O)c1cccc(c1)N2)Nc1cccc(C(F)(F)F)c1. The monoisotopic (exact) mass is 559 g/mol. The van der Waals surface area contributed by atoms with Crippen LogP contribution in [0.3, 0.4) is 0 Å². The smallest absolute Gasteiger partial charge is 0.369 e. The Kier molecular flexibility index (Phi) is 8.52. The molecule has 5 N–H and O–H groups in total. The molecule has 0 atom stereocenters. The van der Waals surface area contributed by atoms with Crippen LogP contribution in [0.1, 0.15) is 24.0 Å². The van der Waals surface area contributed by atoms with Crippen LogP contribution < -0.4 is 26.0 Å². The molecule has 14 heteroatoms. The maximum Gasteiger partial charge on any atom is 0.416 e. The zero-order chi connectivity index (χ0) is 27.9. The number of hydrogen-bond donors (Lipinski definition) is 5. The first kappa shape index (κ1) is 27.7. The van der Waals surface area contributed by atoms with E-state index in [0.717, 1.165) is 12.1 Å². The first-order chi connectivity index (χ1) is 18.6. The highest BCUT2D eigenvalue weighted by atomic mass is 32.2. The summed E-state index contributed by atoms with van der Waals surface area (Å²) in [6.45, 7) is 0.792. The lowest BCUT2D eigenvalue weighted by Gasteiger charge is -2.10. The van der Waals surface area contributed by atoms with E-state index in [2.05, 4.69) is 47.8 Å². The van der Waals surface area contributed by atoms with Crippen molar-refractivity contribution in [1.29, 1.82) is 0 Å². The van der Waals surface area contributed by atoms with Gasteiger partial charge in [-0.25, -0.2) is 22.9 Å². The number of nitrogens with zero attached hydrogens (tertiary/aromatic N) is 2. The highest BCUT2D eigenvalue weighted by molar-refractivity contribution is 7.89. The lowest BCUT2D eigenvalue weighted by Crippen LogP contribution is -2.29. The van der Waals surface area contributed by atoms with Gasteiger partial charge in [0.15, 0.2) is 0 Å². The van der Waals surface area contributed by atoms with Gasteiger partial charge in [-0.1, -0.05) is 24.0 Å². The second-order valence-corrected chi connectivity index (χ2v) is 10.1. The second-order valence-electron chi connectivity index (χ2n) is 8.30. The van der Waals surface area contributed by atoms with Crippen LogP contribution in [-0.2, 0) is 16.2 Å². The van der Waals surface area contributed by atoms with Crippen molar-refractivity contribution < 1.29 is 26.4 Å². The summed E-state index contributed by atoms with van der Waals surface area (Å²) in [5.74, 6) is 6.55. The van der Waals surface area contributed by atoms with Gasteiger partial charge in [-0.2, -0.15) is 18.2 Å². The molecule has 3 aromatic rings. The summed E-state index contributed by atoms with van der Waals surface area (Å²) < 4.78 is 66.0. The van der Waals surface area contributed by atoms with Crippen molar-refractivity contribution in [2.24, 2.45) is 0 Å². The van der Waals surface area contributed by atoms with Crippen molar-refractivity contribution >= 4 is 39.2 Å². The molecule has 0 saturated carbocycles. The van der Waals surface area contributed by atoms with E-state index in [9.17, 15) is 26.4 Å². The van der Waals surface area contributed by atoms with Gasteiger partial charge < -0.3 is 21.3 Å². The van der Waals surface area contributed by atoms with Crippen LogP contribution in [0.5, 0.6) is 0 Å².